The molecule has 0 fully saturated rings. The van der Waals surface area contributed by atoms with Crippen LogP contribution in [0.2, 0.25) is 0 Å². The molecule has 0 aromatic heterocycles. The Morgan fingerprint density at radius 2 is 1.63 bits per heavy atom. The lowest BCUT2D eigenvalue weighted by atomic mass is 9.88. The van der Waals surface area contributed by atoms with Crippen LogP contribution in [0.25, 0.3) is 0 Å². The summed E-state index contributed by atoms with van der Waals surface area (Å²) in [5.74, 6) is -0.0366. The molecule has 0 bridgehead atoms. The summed E-state index contributed by atoms with van der Waals surface area (Å²) >= 11 is 0. The van der Waals surface area contributed by atoms with Crippen molar-refractivity contribution in [2.75, 3.05) is 13.2 Å². The predicted molar refractivity (Wildman–Crippen MR) is 73.2 cm³/mol. The van der Waals surface area contributed by atoms with Crippen LogP contribution in [0.3, 0.4) is 0 Å². The van der Waals surface area contributed by atoms with Crippen LogP contribution in [-0.4, -0.2) is 18.3 Å². The van der Waals surface area contributed by atoms with Crippen molar-refractivity contribution in [2.45, 2.75) is 46.1 Å². The third kappa shape index (κ3) is 3.38. The third-order valence-corrected chi connectivity index (χ3v) is 3.31. The maximum Gasteiger partial charge on any atom is 0.197 e. The molecule has 0 heterocycles. The fraction of sp³-hybridized carbons (Fsp3) is 0.600. The molecule has 1 aromatic rings. The molecule has 1 rings (SSSR count). The van der Waals surface area contributed by atoms with Crippen molar-refractivity contribution in [3.63, 3.8) is 0 Å². The topological polar surface area (TPSA) is 38.7 Å². The molecule has 4 heteroatoms. The average molecular weight is 270 g/mol. The second-order valence-electron chi connectivity index (χ2n) is 4.39. The molecule has 0 amide bonds. The van der Waals surface area contributed by atoms with Gasteiger partial charge in [-0.15, -0.1) is 0 Å². The Kier molecular flexibility index (Phi) is 5.60. The summed E-state index contributed by atoms with van der Waals surface area (Å²) < 4.78 is 24.8. The second kappa shape index (κ2) is 6.75. The van der Waals surface area contributed by atoms with Crippen LogP contribution in [0.4, 0.5) is 4.39 Å². The Hall–Kier alpha value is -1.29. The van der Waals surface area contributed by atoms with Gasteiger partial charge in [0.15, 0.2) is 17.3 Å². The molecule has 0 saturated heterocycles. The van der Waals surface area contributed by atoms with E-state index in [1.165, 1.54) is 6.07 Å². The van der Waals surface area contributed by atoms with E-state index < -0.39 is 11.4 Å². The normalized spacial score (nSPS) is 11.5. The smallest absolute Gasteiger partial charge is 0.197 e. The van der Waals surface area contributed by atoms with E-state index in [1.54, 1.807) is 13.0 Å². The Morgan fingerprint density at radius 3 is 2.11 bits per heavy atom. The molecular formula is C15H23FO3. The number of rotatable bonds is 7. The van der Waals surface area contributed by atoms with Crippen LogP contribution < -0.4 is 9.47 Å². The Bertz CT molecular complexity index is 414. The fourth-order valence-electron chi connectivity index (χ4n) is 2.04. The van der Waals surface area contributed by atoms with Gasteiger partial charge in [0.1, 0.15) is 0 Å². The molecule has 0 aliphatic carbocycles. The zero-order valence-electron chi connectivity index (χ0n) is 12.1. The lowest BCUT2D eigenvalue weighted by molar-refractivity contribution is 0.0277. The maximum absolute atomic E-state index is 14.1. The van der Waals surface area contributed by atoms with Crippen LogP contribution in [0.15, 0.2) is 12.1 Å². The van der Waals surface area contributed by atoms with E-state index >= 15 is 0 Å². The van der Waals surface area contributed by atoms with Gasteiger partial charge >= 0.3 is 0 Å². The summed E-state index contributed by atoms with van der Waals surface area (Å²) in [5.41, 5.74) is -0.501. The van der Waals surface area contributed by atoms with Gasteiger partial charge in [-0.25, -0.2) is 4.39 Å². The third-order valence-electron chi connectivity index (χ3n) is 3.31. The van der Waals surface area contributed by atoms with Gasteiger partial charge in [-0.3, -0.25) is 0 Å². The summed E-state index contributed by atoms with van der Waals surface area (Å²) in [6, 6.07) is 3.01. The summed E-state index contributed by atoms with van der Waals surface area (Å²) in [4.78, 5) is 0. The van der Waals surface area contributed by atoms with Crippen molar-refractivity contribution >= 4 is 0 Å². The van der Waals surface area contributed by atoms with Crippen LogP contribution in [0.1, 0.15) is 46.1 Å². The van der Waals surface area contributed by atoms with Crippen LogP contribution >= 0.6 is 0 Å². The molecule has 0 spiro atoms. The number of aliphatic hydroxyl groups is 1. The minimum absolute atomic E-state index is 0.114. The molecule has 0 aliphatic rings. The first kappa shape index (κ1) is 15.8. The molecule has 0 radical (unpaired) electrons. The van der Waals surface area contributed by atoms with E-state index in [-0.39, 0.29) is 5.75 Å². The Balaban J connectivity index is 3.30. The average Bonchev–Trinajstić information content (AvgIpc) is 2.41. The standard InChI is InChI=1S/C15H23FO3/c1-5-15(17,6-2)11-9-12(16)14(19-8-4)13(10-11)18-7-3/h9-10,17H,5-8H2,1-4H3. The summed E-state index contributed by atoms with van der Waals surface area (Å²) in [5, 5.41) is 10.5. The van der Waals surface area contributed by atoms with Crippen LogP contribution in [0, 0.1) is 5.82 Å². The minimum Gasteiger partial charge on any atom is -0.490 e. The minimum atomic E-state index is -1.03. The Labute approximate surface area is 114 Å². The van der Waals surface area contributed by atoms with Crippen molar-refractivity contribution in [1.82, 2.24) is 0 Å². The Morgan fingerprint density at radius 1 is 1.05 bits per heavy atom. The van der Waals surface area contributed by atoms with E-state index in [4.69, 9.17) is 9.47 Å². The lowest BCUT2D eigenvalue weighted by Gasteiger charge is -2.27. The van der Waals surface area contributed by atoms with Gasteiger partial charge < -0.3 is 14.6 Å². The molecule has 3 nitrogen and oxygen atoms in total. The SMILES string of the molecule is CCOc1cc(C(O)(CC)CC)cc(F)c1OCC. The highest BCUT2D eigenvalue weighted by molar-refractivity contribution is 5.46. The number of hydrogen-bond acceptors (Lipinski definition) is 3. The number of hydrogen-bond donors (Lipinski definition) is 1. The first-order valence-corrected chi connectivity index (χ1v) is 6.84. The van der Waals surface area contributed by atoms with Gasteiger partial charge in [0.25, 0.3) is 0 Å². The second-order valence-corrected chi connectivity index (χ2v) is 4.39. The molecule has 0 aliphatic heterocycles. The van der Waals surface area contributed by atoms with E-state index in [1.807, 2.05) is 20.8 Å². The van der Waals surface area contributed by atoms with Gasteiger partial charge in [-0.2, -0.15) is 0 Å². The van der Waals surface area contributed by atoms with Crippen LogP contribution in [0.5, 0.6) is 11.5 Å². The van der Waals surface area contributed by atoms with Crippen molar-refractivity contribution < 1.29 is 19.0 Å². The first-order chi connectivity index (χ1) is 9.02. The quantitative estimate of drug-likeness (QED) is 0.822. The van der Waals surface area contributed by atoms with Gasteiger partial charge in [-0.1, -0.05) is 13.8 Å². The van der Waals surface area contributed by atoms with Crippen molar-refractivity contribution in [3.8, 4) is 11.5 Å². The van der Waals surface area contributed by atoms with E-state index in [2.05, 4.69) is 0 Å². The lowest BCUT2D eigenvalue weighted by Crippen LogP contribution is -2.24. The number of halogens is 1. The van der Waals surface area contributed by atoms with Gasteiger partial charge in [0.05, 0.1) is 18.8 Å². The molecule has 0 atom stereocenters. The highest BCUT2D eigenvalue weighted by atomic mass is 19.1. The van der Waals surface area contributed by atoms with Gasteiger partial charge in [0, 0.05) is 0 Å². The molecule has 19 heavy (non-hydrogen) atoms. The first-order valence-electron chi connectivity index (χ1n) is 6.84. The summed E-state index contributed by atoms with van der Waals surface area (Å²) in [6.07, 6.45) is 1.03. The van der Waals surface area contributed by atoms with E-state index in [0.717, 1.165) is 0 Å². The van der Waals surface area contributed by atoms with Gasteiger partial charge in [0.2, 0.25) is 0 Å². The number of benzene rings is 1. The molecule has 108 valence electrons. The highest BCUT2D eigenvalue weighted by Crippen LogP contribution is 2.38. The monoisotopic (exact) mass is 270 g/mol. The largest absolute Gasteiger partial charge is 0.490 e. The van der Waals surface area contributed by atoms with E-state index in [0.29, 0.717) is 37.4 Å². The zero-order valence-corrected chi connectivity index (χ0v) is 12.1. The fourth-order valence-corrected chi connectivity index (χ4v) is 2.04. The predicted octanol–water partition coefficient (Wildman–Crippen LogP) is 3.63. The summed E-state index contributed by atoms with van der Waals surface area (Å²) in [7, 11) is 0. The molecule has 0 saturated carbocycles. The number of ether oxygens (including phenoxy) is 2. The zero-order chi connectivity index (χ0) is 14.5. The van der Waals surface area contributed by atoms with Crippen molar-refractivity contribution in [1.29, 1.82) is 0 Å². The molecule has 1 aromatic carbocycles. The van der Waals surface area contributed by atoms with Crippen LogP contribution in [-0.2, 0) is 5.60 Å². The van der Waals surface area contributed by atoms with Crippen molar-refractivity contribution in [3.05, 3.63) is 23.5 Å². The van der Waals surface area contributed by atoms with E-state index in [9.17, 15) is 9.50 Å². The molecular weight excluding hydrogens is 247 g/mol. The van der Waals surface area contributed by atoms with Gasteiger partial charge in [-0.05, 0) is 44.4 Å². The molecule has 1 N–H and O–H groups in total. The maximum atomic E-state index is 14.1. The highest BCUT2D eigenvalue weighted by Gasteiger charge is 2.28. The van der Waals surface area contributed by atoms with Crippen molar-refractivity contribution in [2.24, 2.45) is 0 Å². The molecule has 0 unspecified atom stereocenters. The summed E-state index contributed by atoms with van der Waals surface area (Å²) in [6.45, 7) is 8.14.